The Balaban J connectivity index is 3.14. The van der Waals surface area contributed by atoms with Crippen molar-refractivity contribution in [3.63, 3.8) is 0 Å². The molecule has 1 aromatic rings. The molecule has 0 aliphatic rings. The van der Waals surface area contributed by atoms with Gasteiger partial charge in [-0.1, -0.05) is 0 Å². The van der Waals surface area contributed by atoms with E-state index in [1.807, 2.05) is 0 Å². The second-order valence-electron chi connectivity index (χ2n) is 4.41. The van der Waals surface area contributed by atoms with Crippen molar-refractivity contribution in [2.75, 3.05) is 13.6 Å². The normalized spacial score (nSPS) is 13.4. The number of hydrogen-bond donors (Lipinski definition) is 2. The number of halogens is 1. The zero-order chi connectivity index (χ0) is 15.5. The third-order valence-corrected chi connectivity index (χ3v) is 4.60. The van der Waals surface area contributed by atoms with E-state index in [0.29, 0.717) is 0 Å². The van der Waals surface area contributed by atoms with Crippen LogP contribution in [0.5, 0.6) is 0 Å². The molecule has 0 heterocycles. The van der Waals surface area contributed by atoms with Crippen molar-refractivity contribution >= 4 is 16.0 Å². The van der Waals surface area contributed by atoms with Gasteiger partial charge in [0.1, 0.15) is 10.7 Å². The third-order valence-electron chi connectivity index (χ3n) is 2.73. The van der Waals surface area contributed by atoms with E-state index < -0.39 is 32.8 Å². The molecule has 1 atom stereocenters. The zero-order valence-electron chi connectivity index (χ0n) is 11.1. The lowest BCUT2D eigenvalue weighted by Gasteiger charge is -2.18. The number of aliphatic hydroxyl groups excluding tert-OH is 1. The highest BCUT2D eigenvalue weighted by Gasteiger charge is 2.25. The Hall–Kier alpha value is -1.51. The van der Waals surface area contributed by atoms with Crippen molar-refractivity contribution in [3.05, 3.63) is 29.6 Å². The van der Waals surface area contributed by atoms with Gasteiger partial charge in [0.2, 0.25) is 10.0 Å². The van der Waals surface area contributed by atoms with Crippen molar-refractivity contribution < 1.29 is 27.8 Å². The van der Waals surface area contributed by atoms with Gasteiger partial charge in [-0.05, 0) is 31.5 Å². The maximum atomic E-state index is 13.6. The van der Waals surface area contributed by atoms with Gasteiger partial charge >= 0.3 is 5.97 Å². The number of nitrogens with zero attached hydrogens (tertiary/aromatic N) is 1. The van der Waals surface area contributed by atoms with E-state index in [1.54, 1.807) is 0 Å². The number of carboxylic acids is 1. The molecule has 0 bridgehead atoms. The first kappa shape index (κ1) is 16.5. The topological polar surface area (TPSA) is 94.9 Å². The fourth-order valence-electron chi connectivity index (χ4n) is 1.49. The van der Waals surface area contributed by atoms with E-state index in [4.69, 9.17) is 10.2 Å². The molecular weight excluding hydrogens is 289 g/mol. The standard InChI is InChI=1S/C12H16FNO5S/c1-8(15)5-6-14(2)20(18,19)11-7-9(12(16)17)3-4-10(11)13/h3-4,7-8,15H,5-6H2,1-2H3,(H,16,17). The molecule has 1 unspecified atom stereocenters. The smallest absolute Gasteiger partial charge is 0.335 e. The van der Waals surface area contributed by atoms with Crippen LogP contribution in [0.3, 0.4) is 0 Å². The highest BCUT2D eigenvalue weighted by molar-refractivity contribution is 7.89. The van der Waals surface area contributed by atoms with E-state index in [9.17, 15) is 17.6 Å². The maximum absolute atomic E-state index is 13.6. The number of aliphatic hydroxyl groups is 1. The minimum Gasteiger partial charge on any atom is -0.478 e. The number of carboxylic acid groups (broad SMARTS) is 1. The molecule has 0 saturated carbocycles. The number of sulfonamides is 1. The number of benzene rings is 1. The van der Waals surface area contributed by atoms with Gasteiger partial charge < -0.3 is 10.2 Å². The summed E-state index contributed by atoms with van der Waals surface area (Å²) < 4.78 is 38.8. The summed E-state index contributed by atoms with van der Waals surface area (Å²) >= 11 is 0. The van der Waals surface area contributed by atoms with Crippen LogP contribution < -0.4 is 0 Å². The van der Waals surface area contributed by atoms with Gasteiger partial charge in [0.05, 0.1) is 11.7 Å². The highest BCUT2D eigenvalue weighted by atomic mass is 32.2. The van der Waals surface area contributed by atoms with Crippen molar-refractivity contribution in [3.8, 4) is 0 Å². The minimum atomic E-state index is -4.14. The van der Waals surface area contributed by atoms with Crippen molar-refractivity contribution in [2.45, 2.75) is 24.3 Å². The fraction of sp³-hybridized carbons (Fsp3) is 0.417. The van der Waals surface area contributed by atoms with Gasteiger partial charge in [-0.15, -0.1) is 0 Å². The minimum absolute atomic E-state index is 0.00324. The van der Waals surface area contributed by atoms with Crippen LogP contribution in [0.4, 0.5) is 4.39 Å². The largest absolute Gasteiger partial charge is 0.478 e. The molecule has 20 heavy (non-hydrogen) atoms. The molecule has 1 rings (SSSR count). The Bertz CT molecular complexity index is 600. The van der Waals surface area contributed by atoms with Crippen LogP contribution in [0.15, 0.2) is 23.1 Å². The summed E-state index contributed by atoms with van der Waals surface area (Å²) in [6.07, 6.45) is -0.501. The molecule has 1 aromatic carbocycles. The van der Waals surface area contributed by atoms with Gasteiger partial charge in [0.15, 0.2) is 0 Å². The molecule has 0 spiro atoms. The lowest BCUT2D eigenvalue weighted by atomic mass is 10.2. The van der Waals surface area contributed by atoms with Crippen molar-refractivity contribution in [1.29, 1.82) is 0 Å². The number of carbonyl (C=O) groups is 1. The monoisotopic (exact) mass is 305 g/mol. The van der Waals surface area contributed by atoms with Crippen LogP contribution in [0.1, 0.15) is 23.7 Å². The van der Waals surface area contributed by atoms with E-state index in [2.05, 4.69) is 0 Å². The first-order valence-corrected chi connectivity index (χ1v) is 7.27. The van der Waals surface area contributed by atoms with Gasteiger partial charge in [-0.2, -0.15) is 0 Å². The van der Waals surface area contributed by atoms with Crippen LogP contribution in [-0.2, 0) is 10.0 Å². The summed E-state index contributed by atoms with van der Waals surface area (Å²) in [7, 11) is -2.90. The molecular formula is C12H16FNO5S. The molecule has 8 heteroatoms. The van der Waals surface area contributed by atoms with E-state index in [0.717, 1.165) is 22.5 Å². The van der Waals surface area contributed by atoms with E-state index >= 15 is 0 Å². The molecule has 0 amide bonds. The van der Waals surface area contributed by atoms with Crippen LogP contribution in [0.25, 0.3) is 0 Å². The van der Waals surface area contributed by atoms with Gasteiger partial charge in [0, 0.05) is 13.6 Å². The number of rotatable bonds is 6. The molecule has 6 nitrogen and oxygen atoms in total. The predicted molar refractivity (Wildman–Crippen MR) is 69.5 cm³/mol. The summed E-state index contributed by atoms with van der Waals surface area (Å²) in [5.41, 5.74) is -0.311. The molecule has 0 aliphatic heterocycles. The summed E-state index contributed by atoms with van der Waals surface area (Å²) in [5, 5.41) is 18.0. The summed E-state index contributed by atoms with van der Waals surface area (Å²) in [6.45, 7) is 1.50. The summed E-state index contributed by atoms with van der Waals surface area (Å²) in [6, 6.07) is 2.58. The SMILES string of the molecule is CC(O)CCN(C)S(=O)(=O)c1cc(C(=O)O)ccc1F. The Morgan fingerprint density at radius 3 is 2.55 bits per heavy atom. The lowest BCUT2D eigenvalue weighted by molar-refractivity contribution is 0.0696. The number of aromatic carboxylic acids is 1. The third kappa shape index (κ3) is 3.75. The zero-order valence-corrected chi connectivity index (χ0v) is 11.9. The molecule has 0 radical (unpaired) electrons. The lowest BCUT2D eigenvalue weighted by Crippen LogP contribution is -2.30. The fourth-order valence-corrected chi connectivity index (χ4v) is 2.76. The Labute approximate surface area is 116 Å². The maximum Gasteiger partial charge on any atom is 0.335 e. The summed E-state index contributed by atoms with van der Waals surface area (Å²) in [4.78, 5) is 10.1. The van der Waals surface area contributed by atoms with E-state index in [-0.39, 0.29) is 18.5 Å². The average Bonchev–Trinajstić information content (AvgIpc) is 2.35. The molecule has 0 saturated heterocycles. The Morgan fingerprint density at radius 2 is 2.05 bits per heavy atom. The average molecular weight is 305 g/mol. The molecule has 2 N–H and O–H groups in total. The number of hydrogen-bond acceptors (Lipinski definition) is 4. The molecule has 0 fully saturated rings. The van der Waals surface area contributed by atoms with Gasteiger partial charge in [-0.3, -0.25) is 0 Å². The van der Waals surface area contributed by atoms with Gasteiger partial charge in [-0.25, -0.2) is 21.9 Å². The first-order chi connectivity index (χ1) is 9.16. The van der Waals surface area contributed by atoms with Crippen LogP contribution in [0, 0.1) is 5.82 Å². The Morgan fingerprint density at radius 1 is 1.45 bits per heavy atom. The molecule has 112 valence electrons. The second kappa shape index (κ2) is 6.29. The van der Waals surface area contributed by atoms with E-state index in [1.165, 1.54) is 14.0 Å². The molecule has 0 aliphatic carbocycles. The van der Waals surface area contributed by atoms with Gasteiger partial charge in [0.25, 0.3) is 0 Å². The quantitative estimate of drug-likeness (QED) is 0.815. The van der Waals surface area contributed by atoms with Crippen LogP contribution in [0.2, 0.25) is 0 Å². The summed E-state index contributed by atoms with van der Waals surface area (Å²) in [5.74, 6) is -2.35. The first-order valence-electron chi connectivity index (χ1n) is 5.83. The van der Waals surface area contributed by atoms with Crippen LogP contribution >= 0.6 is 0 Å². The predicted octanol–water partition coefficient (Wildman–Crippen LogP) is 0.915. The highest BCUT2D eigenvalue weighted by Crippen LogP contribution is 2.20. The van der Waals surface area contributed by atoms with Crippen molar-refractivity contribution in [2.24, 2.45) is 0 Å². The molecule has 0 aromatic heterocycles. The van der Waals surface area contributed by atoms with Crippen molar-refractivity contribution in [1.82, 2.24) is 4.31 Å². The Kier molecular flexibility index (Phi) is 5.21. The second-order valence-corrected chi connectivity index (χ2v) is 6.43. The van der Waals surface area contributed by atoms with Crippen LogP contribution in [-0.4, -0.2) is 48.6 Å².